The number of aliphatic hydroxyl groups is 1. The molecule has 4 aliphatic heterocycles. The first-order chi connectivity index (χ1) is 30.7. The van der Waals surface area contributed by atoms with Crippen LogP contribution in [0.4, 0.5) is 0 Å². The molecular formula is C43H93N4O11S4Se2. The Morgan fingerprint density at radius 1 is 0.984 bits per heavy atom. The number of carbonyl (C=O) groups excluding carboxylic acids is 6. The van der Waals surface area contributed by atoms with Crippen LogP contribution in [0, 0.1) is 0 Å². The van der Waals surface area contributed by atoms with Gasteiger partial charge in [0.2, 0.25) is 17.7 Å². The maximum atomic E-state index is 12.1. The molecule has 0 spiro atoms. The fraction of sp³-hybridized carbons (Fsp3) is 0.814. The average Bonchev–Trinajstić information content (AvgIpc) is 3.89. The topological polar surface area (TPSA) is 190 Å². The third kappa shape index (κ3) is 46.3. The largest absolute Gasteiger partial charge is 0 e. The van der Waals surface area contributed by atoms with E-state index in [0.717, 1.165) is 52.3 Å². The summed E-state index contributed by atoms with van der Waals surface area (Å²) in [5, 5.41) is 14.9. The second-order valence-electron chi connectivity index (χ2n) is 11.3. The van der Waals surface area contributed by atoms with Gasteiger partial charge < -0.3 is 39.6 Å². The van der Waals surface area contributed by atoms with Crippen LogP contribution in [-0.4, -0.2) is 209 Å². The van der Waals surface area contributed by atoms with Crippen molar-refractivity contribution in [3.8, 4) is 0 Å². The Hall–Kier alpha value is -0.821. The third-order valence-corrected chi connectivity index (χ3v) is 11.9. The number of nitrogens with one attached hydrogen (secondary N) is 2. The summed E-state index contributed by atoms with van der Waals surface area (Å²) in [4.78, 5) is 65.9. The third-order valence-electron chi connectivity index (χ3n) is 7.59. The Bertz CT molecular complexity index is 1070. The molecule has 3 amide bonds. The molecule has 387 valence electrons. The number of carbonyl (C=O) groups is 4. The number of esters is 1. The summed E-state index contributed by atoms with van der Waals surface area (Å²) in [5.41, 5.74) is 0. The molecule has 0 aliphatic carbocycles. The van der Waals surface area contributed by atoms with Gasteiger partial charge in [-0.2, -0.15) is 24.4 Å². The molecule has 0 saturated carbocycles. The van der Waals surface area contributed by atoms with E-state index in [1.165, 1.54) is 35.0 Å². The number of thiol groups is 1. The van der Waals surface area contributed by atoms with Gasteiger partial charge in [0.05, 0.1) is 36.5 Å². The number of amides is 3. The van der Waals surface area contributed by atoms with Crippen LogP contribution in [0.2, 0.25) is 17.0 Å². The summed E-state index contributed by atoms with van der Waals surface area (Å²) in [6.07, 6.45) is 8.01. The second-order valence-corrected chi connectivity index (χ2v) is 17.6. The SMILES string of the molecule is C=C=O.C=C=O.CC.CCNC.CCO.CCSC.CCSC1CC(=O)N(C)C1=O.CC[Se]C.CNC1CSC2CCC(C(=O)OC)N2C1=O.COC1CCC(OC)OC1.CS.C[Se].[HH].[HH]. The molecule has 21 heteroatoms. The Balaban J connectivity index is -0.0000000704. The first-order valence-corrected chi connectivity index (χ1v) is 29.9. The minimum atomic E-state index is -0.383. The standard InChI is InChI=1S/C10H16N2O3S.C7H11NO2S.C7H14O3.C3H9N.C3H8S.C3H8Se.C2H6O.2C2H2O.C2H6.CH4S.CH3Se.2H2/c1-11-6-5-16-8-4-3-7(10(14)15-2)12(8)9(6)13;1-3-11-5-4-6(9)8(2)7(5)10;1-8-6-3-4-7(9-2)10-5-6;3*1-3-4-2;3*1-2-3;3*1-2;;/h6-8,11H,3-5H2,1-2H3;5H,3-4H2,1-2H3;6-7H,3-5H2,1-2H3;4H,3H2,1-2H3;2*3H2,1-2H3;3H,2H2,1H3;2*1H2;1-2H3;2H,1H3;1H3;2*1H. The van der Waals surface area contributed by atoms with Gasteiger partial charge in [0.1, 0.15) is 17.9 Å². The van der Waals surface area contributed by atoms with Gasteiger partial charge in [-0.1, -0.05) is 34.6 Å². The van der Waals surface area contributed by atoms with Crippen LogP contribution in [0.5, 0.6) is 0 Å². The molecule has 0 aromatic carbocycles. The molecule has 3 N–H and O–H groups in total. The van der Waals surface area contributed by atoms with Crippen LogP contribution in [0.25, 0.3) is 0 Å². The van der Waals surface area contributed by atoms with E-state index in [9.17, 15) is 19.2 Å². The van der Waals surface area contributed by atoms with E-state index in [1.807, 2.05) is 45.4 Å². The number of likely N-dealkylation sites (N-methyl/N-ethyl adjacent to an activating group) is 1. The van der Waals surface area contributed by atoms with Crippen molar-refractivity contribution in [3.63, 3.8) is 0 Å². The summed E-state index contributed by atoms with van der Waals surface area (Å²) in [6.45, 7) is 21.4. The first-order valence-electron chi connectivity index (χ1n) is 20.9. The molecule has 1 radical (unpaired) electrons. The number of imide groups is 1. The van der Waals surface area contributed by atoms with Crippen molar-refractivity contribution in [1.29, 1.82) is 0 Å². The van der Waals surface area contributed by atoms with Crippen LogP contribution in [0.1, 0.15) is 83.4 Å². The quantitative estimate of drug-likeness (QED) is 0.0677. The number of rotatable bonds is 9. The summed E-state index contributed by atoms with van der Waals surface area (Å²) in [6, 6.07) is -0.558. The molecule has 6 unspecified atom stereocenters. The molecule has 64 heavy (non-hydrogen) atoms. The van der Waals surface area contributed by atoms with E-state index in [1.54, 1.807) is 69.9 Å². The van der Waals surface area contributed by atoms with Crippen molar-refractivity contribution in [3.05, 3.63) is 13.2 Å². The molecule has 0 bridgehead atoms. The minimum absolute atomic E-state index is 0. The summed E-state index contributed by atoms with van der Waals surface area (Å²) in [5.74, 6) is 9.16. The van der Waals surface area contributed by atoms with Crippen molar-refractivity contribution in [2.75, 3.05) is 92.0 Å². The van der Waals surface area contributed by atoms with E-state index < -0.39 is 0 Å². The normalized spacial score (nSPS) is 20.3. The van der Waals surface area contributed by atoms with Crippen molar-refractivity contribution in [1.82, 2.24) is 20.4 Å². The van der Waals surface area contributed by atoms with E-state index in [-0.39, 0.29) is 68.3 Å². The van der Waals surface area contributed by atoms with Gasteiger partial charge in [-0.3, -0.25) is 19.3 Å². The van der Waals surface area contributed by atoms with Crippen LogP contribution < -0.4 is 10.6 Å². The molecule has 4 heterocycles. The van der Waals surface area contributed by atoms with Gasteiger partial charge in [-0.05, 0) is 84.0 Å². The number of aliphatic hydroxyl groups excluding tert-OH is 1. The van der Waals surface area contributed by atoms with E-state index in [4.69, 9.17) is 33.6 Å². The van der Waals surface area contributed by atoms with Crippen molar-refractivity contribution >= 4 is 114 Å². The van der Waals surface area contributed by atoms with Gasteiger partial charge in [-0.15, -0.1) is 23.5 Å². The Kier molecular flexibility index (Phi) is 83.3. The fourth-order valence-electron chi connectivity index (χ4n) is 4.40. The average molecular weight is 1130 g/mol. The van der Waals surface area contributed by atoms with E-state index in [2.05, 4.69) is 85.3 Å². The molecule has 4 rings (SSSR count). The number of fused-ring (bicyclic) bond motifs is 1. The van der Waals surface area contributed by atoms with Crippen LogP contribution in [0.15, 0.2) is 13.2 Å². The minimum Gasteiger partial charge on any atom is 0 e. The number of ether oxygens (including phenoxy) is 4. The van der Waals surface area contributed by atoms with Gasteiger partial charge in [-0.25, -0.2) is 14.4 Å². The number of likely N-dealkylation sites (tertiary alicyclic amines) is 1. The maximum Gasteiger partial charge on any atom is 0 e. The zero-order chi connectivity index (χ0) is 51.9. The smallest absolute Gasteiger partial charge is 0 e. The van der Waals surface area contributed by atoms with Crippen molar-refractivity contribution in [2.45, 2.75) is 133 Å². The molecule has 4 aliphatic rings. The van der Waals surface area contributed by atoms with Crippen LogP contribution >= 0.6 is 47.9 Å². The Morgan fingerprint density at radius 3 is 1.73 bits per heavy atom. The van der Waals surface area contributed by atoms with E-state index >= 15 is 0 Å². The molecular weight excluding hydrogens is 1030 g/mol. The molecule has 0 aromatic heterocycles. The summed E-state index contributed by atoms with van der Waals surface area (Å²) in [7, 11) is 9.99. The second kappa shape index (κ2) is 66.5. The molecule has 15 nitrogen and oxygen atoms in total. The summed E-state index contributed by atoms with van der Waals surface area (Å²) < 4.78 is 20.1. The predicted molar refractivity (Wildman–Crippen MR) is 285 cm³/mol. The summed E-state index contributed by atoms with van der Waals surface area (Å²) >= 11 is 12.2. The van der Waals surface area contributed by atoms with Crippen LogP contribution in [-0.2, 0) is 47.7 Å². The predicted octanol–water partition coefficient (Wildman–Crippen LogP) is 6.14. The Morgan fingerprint density at radius 2 is 1.45 bits per heavy atom. The zero-order valence-electron chi connectivity index (χ0n) is 42.3. The van der Waals surface area contributed by atoms with Gasteiger partial charge in [0, 0.05) is 49.3 Å². The van der Waals surface area contributed by atoms with Crippen LogP contribution in [0.3, 0.4) is 0 Å². The monoisotopic (exact) mass is 1130 g/mol. The van der Waals surface area contributed by atoms with Gasteiger partial charge in [0.15, 0.2) is 6.29 Å². The molecule has 0 aromatic rings. The van der Waals surface area contributed by atoms with E-state index in [0.29, 0.717) is 19.4 Å². The number of methoxy groups -OCH3 is 3. The number of thioether (sulfide) groups is 3. The Labute approximate surface area is 425 Å². The fourth-order valence-corrected chi connectivity index (χ4v) is 6.80. The number of hydrogen-bond acceptors (Lipinski definition) is 17. The zero-order valence-corrected chi connectivity index (χ0v) is 49.0. The maximum absolute atomic E-state index is 12.1. The molecule has 6 atom stereocenters. The first kappa shape index (κ1) is 80.2. The molecule has 4 fully saturated rings. The van der Waals surface area contributed by atoms with Crippen molar-refractivity contribution in [2.24, 2.45) is 0 Å². The van der Waals surface area contributed by atoms with Gasteiger partial charge >= 0.3 is 60.8 Å². The molecule has 4 saturated heterocycles. The van der Waals surface area contributed by atoms with Gasteiger partial charge in [0.25, 0.3) is 0 Å². The number of hydrogen-bond donors (Lipinski definition) is 4. The number of nitrogens with zero attached hydrogens (tertiary/aromatic N) is 2. The van der Waals surface area contributed by atoms with Crippen molar-refractivity contribution < 1.29 is 55.7 Å².